The molecule has 5 heteroatoms. The molecule has 1 amide bonds. The van der Waals surface area contributed by atoms with E-state index in [1.807, 2.05) is 30.3 Å². The van der Waals surface area contributed by atoms with Gasteiger partial charge in [-0.2, -0.15) is 0 Å². The normalized spacial score (nSPS) is 18.1. The fraction of sp³-hybridized carbons (Fsp3) is 0.154. The van der Waals surface area contributed by atoms with Gasteiger partial charge < -0.3 is 5.11 Å². The summed E-state index contributed by atoms with van der Waals surface area (Å²) in [7, 11) is 0. The van der Waals surface area contributed by atoms with Crippen LogP contribution in [0, 0.1) is 0 Å². The first-order chi connectivity index (χ1) is 14.9. The summed E-state index contributed by atoms with van der Waals surface area (Å²) in [5, 5.41) is 11.5. The molecule has 4 nitrogen and oxygen atoms in total. The average molecular weight is 432 g/mol. The molecule has 1 heterocycles. The van der Waals surface area contributed by atoms with Gasteiger partial charge in [0, 0.05) is 16.3 Å². The lowest BCUT2D eigenvalue weighted by Gasteiger charge is -2.26. The smallest absolute Gasteiger partial charge is 0.300 e. The van der Waals surface area contributed by atoms with E-state index in [9.17, 15) is 14.7 Å². The van der Waals surface area contributed by atoms with Crippen LogP contribution in [0.25, 0.3) is 5.76 Å². The largest absolute Gasteiger partial charge is 0.507 e. The molecular weight excluding hydrogens is 410 g/mol. The van der Waals surface area contributed by atoms with Crippen LogP contribution in [-0.2, 0) is 9.59 Å². The number of amides is 1. The lowest BCUT2D eigenvalue weighted by molar-refractivity contribution is -0.132. The number of nitrogens with zero attached hydrogens (tertiary/aromatic N) is 1. The highest BCUT2D eigenvalue weighted by Gasteiger charge is 2.47. The first-order valence-corrected chi connectivity index (χ1v) is 10.5. The quantitative estimate of drug-likeness (QED) is 0.309. The fourth-order valence-corrected chi connectivity index (χ4v) is 4.04. The SMILES string of the molecule is CC(C)c1ccc(C2C(=C(O)c3ccccc3)C(=O)C(=O)N2c2cccc(Cl)c2)cc1. The molecule has 1 aliphatic rings. The third-order valence-corrected chi connectivity index (χ3v) is 5.73. The monoisotopic (exact) mass is 431 g/mol. The molecule has 4 rings (SSSR count). The van der Waals surface area contributed by atoms with Crippen molar-refractivity contribution in [1.29, 1.82) is 0 Å². The van der Waals surface area contributed by atoms with Gasteiger partial charge in [0.25, 0.3) is 11.7 Å². The molecule has 0 spiro atoms. The van der Waals surface area contributed by atoms with Crippen LogP contribution in [0.2, 0.25) is 5.02 Å². The molecule has 156 valence electrons. The van der Waals surface area contributed by atoms with E-state index in [1.165, 1.54) is 4.90 Å². The topological polar surface area (TPSA) is 57.6 Å². The van der Waals surface area contributed by atoms with Crippen molar-refractivity contribution < 1.29 is 14.7 Å². The van der Waals surface area contributed by atoms with Gasteiger partial charge in [-0.25, -0.2) is 0 Å². The molecule has 3 aromatic carbocycles. The van der Waals surface area contributed by atoms with E-state index in [2.05, 4.69) is 13.8 Å². The van der Waals surface area contributed by atoms with Gasteiger partial charge in [0.1, 0.15) is 5.76 Å². The van der Waals surface area contributed by atoms with Crippen LogP contribution in [-0.4, -0.2) is 16.8 Å². The Morgan fingerprint density at radius 1 is 0.935 bits per heavy atom. The van der Waals surface area contributed by atoms with Gasteiger partial charge in [0.05, 0.1) is 11.6 Å². The molecule has 0 saturated carbocycles. The summed E-state index contributed by atoms with van der Waals surface area (Å²) in [6, 6.07) is 22.6. The second-order valence-corrected chi connectivity index (χ2v) is 8.27. The first-order valence-electron chi connectivity index (χ1n) is 10.1. The highest BCUT2D eigenvalue weighted by Crippen LogP contribution is 2.42. The number of Topliss-reactive ketones (excluding diaryl/α,β-unsaturated/α-hetero) is 1. The molecule has 1 aliphatic heterocycles. The second kappa shape index (κ2) is 8.40. The summed E-state index contributed by atoms with van der Waals surface area (Å²) in [5.41, 5.74) is 2.93. The number of benzene rings is 3. The van der Waals surface area contributed by atoms with Gasteiger partial charge >= 0.3 is 0 Å². The zero-order chi connectivity index (χ0) is 22.1. The molecule has 31 heavy (non-hydrogen) atoms. The van der Waals surface area contributed by atoms with Gasteiger partial charge in [0.15, 0.2) is 0 Å². The highest BCUT2D eigenvalue weighted by molar-refractivity contribution is 6.51. The van der Waals surface area contributed by atoms with E-state index in [0.29, 0.717) is 22.2 Å². The van der Waals surface area contributed by atoms with Gasteiger partial charge in [0.2, 0.25) is 0 Å². The lowest BCUT2D eigenvalue weighted by Crippen LogP contribution is -2.29. The van der Waals surface area contributed by atoms with Crippen molar-refractivity contribution in [1.82, 2.24) is 0 Å². The Balaban J connectivity index is 1.93. The predicted octanol–water partition coefficient (Wildman–Crippen LogP) is 6.09. The number of carbonyl (C=O) groups is 2. The van der Waals surface area contributed by atoms with Crippen molar-refractivity contribution in [3.8, 4) is 0 Å². The molecule has 1 N–H and O–H groups in total. The molecule has 0 bridgehead atoms. The molecule has 0 radical (unpaired) electrons. The van der Waals surface area contributed by atoms with E-state index < -0.39 is 17.7 Å². The molecule has 1 saturated heterocycles. The average Bonchev–Trinajstić information content (AvgIpc) is 3.04. The Hall–Kier alpha value is -3.37. The van der Waals surface area contributed by atoms with Crippen molar-refractivity contribution in [2.45, 2.75) is 25.8 Å². The maximum atomic E-state index is 13.1. The van der Waals surface area contributed by atoms with Crippen molar-refractivity contribution in [3.05, 3.63) is 106 Å². The summed E-state index contributed by atoms with van der Waals surface area (Å²) >= 11 is 6.17. The number of anilines is 1. The number of hydrogen-bond acceptors (Lipinski definition) is 3. The number of ketones is 1. The van der Waals surface area contributed by atoms with E-state index in [1.54, 1.807) is 48.5 Å². The van der Waals surface area contributed by atoms with Gasteiger partial charge in [-0.15, -0.1) is 0 Å². The number of aliphatic hydroxyl groups excluding tert-OH is 1. The summed E-state index contributed by atoms with van der Waals surface area (Å²) in [6.07, 6.45) is 0. The first kappa shape index (κ1) is 20.9. The Bertz CT molecular complexity index is 1170. The van der Waals surface area contributed by atoms with E-state index in [-0.39, 0.29) is 11.3 Å². The van der Waals surface area contributed by atoms with Crippen LogP contribution in [0.5, 0.6) is 0 Å². The van der Waals surface area contributed by atoms with Crippen LogP contribution in [0.4, 0.5) is 5.69 Å². The third kappa shape index (κ3) is 3.87. The molecule has 1 fully saturated rings. The summed E-state index contributed by atoms with van der Waals surface area (Å²) in [6.45, 7) is 4.20. The van der Waals surface area contributed by atoms with Crippen molar-refractivity contribution >= 4 is 34.7 Å². The number of halogens is 1. The highest BCUT2D eigenvalue weighted by atomic mass is 35.5. The lowest BCUT2D eigenvalue weighted by atomic mass is 9.93. The molecule has 0 aliphatic carbocycles. The number of aliphatic hydroxyl groups is 1. The molecule has 0 aromatic heterocycles. The van der Waals surface area contributed by atoms with Crippen LogP contribution in [0.1, 0.15) is 42.5 Å². The minimum atomic E-state index is -0.764. The summed E-state index contributed by atoms with van der Waals surface area (Å²) < 4.78 is 0. The van der Waals surface area contributed by atoms with Crippen molar-refractivity contribution in [2.24, 2.45) is 0 Å². The maximum Gasteiger partial charge on any atom is 0.300 e. The van der Waals surface area contributed by atoms with Gasteiger partial charge in [-0.05, 0) is 35.2 Å². The third-order valence-electron chi connectivity index (χ3n) is 5.50. The van der Waals surface area contributed by atoms with Crippen molar-refractivity contribution in [2.75, 3.05) is 4.90 Å². The Morgan fingerprint density at radius 2 is 1.61 bits per heavy atom. The zero-order valence-corrected chi connectivity index (χ0v) is 18.0. The van der Waals surface area contributed by atoms with Crippen LogP contribution >= 0.6 is 11.6 Å². The van der Waals surface area contributed by atoms with Gasteiger partial charge in [-0.3, -0.25) is 14.5 Å². The summed E-state index contributed by atoms with van der Waals surface area (Å²) in [4.78, 5) is 27.6. The molecule has 3 aromatic rings. The Labute approximate surface area is 186 Å². The molecule has 1 atom stereocenters. The summed E-state index contributed by atoms with van der Waals surface area (Å²) in [5.74, 6) is -1.27. The molecular formula is C26H22ClNO3. The fourth-order valence-electron chi connectivity index (χ4n) is 3.85. The van der Waals surface area contributed by atoms with Crippen molar-refractivity contribution in [3.63, 3.8) is 0 Å². The maximum absolute atomic E-state index is 13.1. The van der Waals surface area contributed by atoms with Crippen LogP contribution < -0.4 is 4.90 Å². The Kier molecular flexibility index (Phi) is 5.66. The molecule has 1 unspecified atom stereocenters. The minimum absolute atomic E-state index is 0.0634. The van der Waals surface area contributed by atoms with E-state index in [0.717, 1.165) is 11.1 Å². The minimum Gasteiger partial charge on any atom is -0.507 e. The number of carbonyl (C=O) groups excluding carboxylic acids is 2. The van der Waals surface area contributed by atoms with E-state index >= 15 is 0 Å². The van der Waals surface area contributed by atoms with Crippen LogP contribution in [0.3, 0.4) is 0 Å². The van der Waals surface area contributed by atoms with Crippen LogP contribution in [0.15, 0.2) is 84.4 Å². The van der Waals surface area contributed by atoms with Gasteiger partial charge in [-0.1, -0.05) is 86.1 Å². The predicted molar refractivity (Wildman–Crippen MR) is 123 cm³/mol. The van der Waals surface area contributed by atoms with E-state index in [4.69, 9.17) is 11.6 Å². The number of rotatable bonds is 4. The number of hydrogen-bond donors (Lipinski definition) is 1. The standard InChI is InChI=1S/C26H22ClNO3/c1-16(2)17-11-13-18(14-12-17)23-22(24(29)19-7-4-3-5-8-19)25(30)26(31)28(23)21-10-6-9-20(27)15-21/h3-16,23,29H,1-2H3. The zero-order valence-electron chi connectivity index (χ0n) is 17.2. The Morgan fingerprint density at radius 3 is 2.23 bits per heavy atom. The second-order valence-electron chi connectivity index (χ2n) is 7.84.